The minimum absolute atomic E-state index is 0.267. The largest absolute Gasteiger partial charge is 0.493 e. The highest BCUT2D eigenvalue weighted by molar-refractivity contribution is 5.92. The molecule has 0 atom stereocenters. The monoisotopic (exact) mass is 362 g/mol. The first-order chi connectivity index (χ1) is 12.8. The van der Waals surface area contributed by atoms with Crippen molar-refractivity contribution in [2.75, 3.05) is 13.2 Å². The highest BCUT2D eigenvalue weighted by atomic mass is 16.5. The van der Waals surface area contributed by atoms with Crippen molar-refractivity contribution in [2.45, 2.75) is 90.9 Å². The minimum atomic E-state index is -0.267. The first kappa shape index (κ1) is 22.5. The summed E-state index contributed by atoms with van der Waals surface area (Å²) in [7, 11) is 0. The number of para-hydroxylation sites is 1. The number of unbranched alkanes of at least 4 members (excludes halogenated alkanes) is 10. The number of carbonyl (C=O) groups excluding carboxylic acids is 1. The van der Waals surface area contributed by atoms with Gasteiger partial charge in [-0.3, -0.25) is 0 Å². The lowest BCUT2D eigenvalue weighted by atomic mass is 10.1. The van der Waals surface area contributed by atoms with Crippen LogP contribution in [0, 0.1) is 0 Å². The van der Waals surface area contributed by atoms with E-state index in [-0.39, 0.29) is 5.97 Å². The summed E-state index contributed by atoms with van der Waals surface area (Å²) in [5.41, 5.74) is 0.546. The molecule has 0 heterocycles. The summed E-state index contributed by atoms with van der Waals surface area (Å²) in [6.45, 7) is 5.60. The molecular weight excluding hydrogens is 324 g/mol. The summed E-state index contributed by atoms with van der Waals surface area (Å²) in [4.78, 5) is 12.3. The third-order valence-electron chi connectivity index (χ3n) is 4.59. The predicted octanol–water partition coefficient (Wildman–Crippen LogP) is 6.94. The van der Waals surface area contributed by atoms with Crippen LogP contribution in [0.25, 0.3) is 0 Å². The van der Waals surface area contributed by atoms with Crippen LogP contribution in [0.15, 0.2) is 24.3 Å². The lowest BCUT2D eigenvalue weighted by Gasteiger charge is -2.11. The second-order valence-electron chi connectivity index (χ2n) is 7.02. The molecule has 3 heteroatoms. The maximum Gasteiger partial charge on any atom is 0.341 e. The van der Waals surface area contributed by atoms with Gasteiger partial charge in [0.15, 0.2) is 0 Å². The van der Waals surface area contributed by atoms with Crippen molar-refractivity contribution in [3.8, 4) is 5.75 Å². The fourth-order valence-electron chi connectivity index (χ4n) is 2.95. The fourth-order valence-corrected chi connectivity index (χ4v) is 2.95. The zero-order valence-corrected chi connectivity index (χ0v) is 16.9. The Labute approximate surface area is 160 Å². The van der Waals surface area contributed by atoms with E-state index in [1.807, 2.05) is 18.2 Å². The van der Waals surface area contributed by atoms with Gasteiger partial charge in [-0.1, -0.05) is 90.2 Å². The first-order valence-corrected chi connectivity index (χ1v) is 10.7. The summed E-state index contributed by atoms with van der Waals surface area (Å²) in [5, 5.41) is 0. The lowest BCUT2D eigenvalue weighted by Crippen LogP contribution is -2.09. The Morgan fingerprint density at radius 1 is 0.731 bits per heavy atom. The second-order valence-corrected chi connectivity index (χ2v) is 7.02. The van der Waals surface area contributed by atoms with Crippen molar-refractivity contribution < 1.29 is 14.3 Å². The molecule has 0 N–H and O–H groups in total. The van der Waals surface area contributed by atoms with Crippen molar-refractivity contribution >= 4 is 5.97 Å². The van der Waals surface area contributed by atoms with Crippen LogP contribution in [0.5, 0.6) is 5.75 Å². The molecule has 0 saturated heterocycles. The van der Waals surface area contributed by atoms with E-state index in [0.717, 1.165) is 19.3 Å². The van der Waals surface area contributed by atoms with Gasteiger partial charge < -0.3 is 9.47 Å². The van der Waals surface area contributed by atoms with Gasteiger partial charge in [0.1, 0.15) is 11.3 Å². The van der Waals surface area contributed by atoms with Gasteiger partial charge in [0.05, 0.1) is 13.2 Å². The van der Waals surface area contributed by atoms with E-state index in [0.29, 0.717) is 24.5 Å². The number of hydrogen-bond acceptors (Lipinski definition) is 3. The van der Waals surface area contributed by atoms with E-state index in [1.54, 1.807) is 6.07 Å². The van der Waals surface area contributed by atoms with E-state index < -0.39 is 0 Å². The molecule has 0 radical (unpaired) electrons. The molecule has 0 aromatic heterocycles. The molecule has 1 rings (SSSR count). The molecule has 0 fully saturated rings. The Balaban J connectivity index is 2.25. The lowest BCUT2D eigenvalue weighted by molar-refractivity contribution is 0.0493. The van der Waals surface area contributed by atoms with Crippen LogP contribution in [-0.4, -0.2) is 19.2 Å². The van der Waals surface area contributed by atoms with Crippen LogP contribution in [0.4, 0.5) is 0 Å². The molecule has 26 heavy (non-hydrogen) atoms. The number of carbonyl (C=O) groups is 1. The highest BCUT2D eigenvalue weighted by Gasteiger charge is 2.13. The topological polar surface area (TPSA) is 35.5 Å². The van der Waals surface area contributed by atoms with E-state index >= 15 is 0 Å². The molecular formula is C23H38O3. The Bertz CT molecular complexity index is 470. The average molecular weight is 363 g/mol. The standard InChI is InChI=1S/C23H38O3/c1-3-5-7-9-11-15-19-25-22-18-14-13-17-21(22)23(24)26-20-16-12-10-8-6-4-2/h13-14,17-18H,3-12,15-16,19-20H2,1-2H3. The Morgan fingerprint density at radius 3 is 1.92 bits per heavy atom. The summed E-state index contributed by atoms with van der Waals surface area (Å²) in [5.74, 6) is 0.381. The Morgan fingerprint density at radius 2 is 1.27 bits per heavy atom. The molecule has 0 saturated carbocycles. The van der Waals surface area contributed by atoms with Crippen LogP contribution >= 0.6 is 0 Å². The molecule has 1 aromatic carbocycles. The zero-order chi connectivity index (χ0) is 18.9. The second kappa shape index (κ2) is 15.7. The molecule has 0 spiro atoms. The summed E-state index contributed by atoms with van der Waals surface area (Å²) < 4.78 is 11.3. The molecule has 0 aliphatic rings. The van der Waals surface area contributed by atoms with Crippen molar-refractivity contribution in [2.24, 2.45) is 0 Å². The van der Waals surface area contributed by atoms with Gasteiger partial charge >= 0.3 is 5.97 Å². The van der Waals surface area contributed by atoms with Crippen LogP contribution in [-0.2, 0) is 4.74 Å². The van der Waals surface area contributed by atoms with Crippen molar-refractivity contribution in [1.29, 1.82) is 0 Å². The summed E-state index contributed by atoms with van der Waals surface area (Å²) >= 11 is 0. The van der Waals surface area contributed by atoms with Gasteiger partial charge in [0, 0.05) is 0 Å². The van der Waals surface area contributed by atoms with Gasteiger partial charge in [0.2, 0.25) is 0 Å². The van der Waals surface area contributed by atoms with Gasteiger partial charge in [-0.05, 0) is 25.0 Å². The van der Waals surface area contributed by atoms with Gasteiger partial charge in [-0.15, -0.1) is 0 Å². The molecule has 1 aromatic rings. The molecule has 3 nitrogen and oxygen atoms in total. The van der Waals surface area contributed by atoms with E-state index in [9.17, 15) is 4.79 Å². The van der Waals surface area contributed by atoms with Crippen molar-refractivity contribution in [3.63, 3.8) is 0 Å². The summed E-state index contributed by atoms with van der Waals surface area (Å²) in [6, 6.07) is 7.42. The maximum absolute atomic E-state index is 12.3. The SMILES string of the molecule is CCCCCCCCOC(=O)c1ccccc1OCCCCCCCC. The zero-order valence-electron chi connectivity index (χ0n) is 16.9. The molecule has 0 aliphatic carbocycles. The number of esters is 1. The Kier molecular flexibility index (Phi) is 13.6. The van der Waals surface area contributed by atoms with Crippen LogP contribution in [0.1, 0.15) is 101 Å². The van der Waals surface area contributed by atoms with Crippen LogP contribution in [0.3, 0.4) is 0 Å². The molecule has 0 aliphatic heterocycles. The minimum Gasteiger partial charge on any atom is -0.493 e. The number of benzene rings is 1. The van der Waals surface area contributed by atoms with Gasteiger partial charge in [0.25, 0.3) is 0 Å². The van der Waals surface area contributed by atoms with Gasteiger partial charge in [-0.25, -0.2) is 4.79 Å². The quantitative estimate of drug-likeness (QED) is 0.236. The van der Waals surface area contributed by atoms with Crippen molar-refractivity contribution in [3.05, 3.63) is 29.8 Å². The average Bonchev–Trinajstić information content (AvgIpc) is 2.66. The van der Waals surface area contributed by atoms with Crippen molar-refractivity contribution in [1.82, 2.24) is 0 Å². The maximum atomic E-state index is 12.3. The first-order valence-electron chi connectivity index (χ1n) is 10.7. The number of hydrogen-bond donors (Lipinski definition) is 0. The third-order valence-corrected chi connectivity index (χ3v) is 4.59. The van der Waals surface area contributed by atoms with Crippen LogP contribution in [0.2, 0.25) is 0 Å². The van der Waals surface area contributed by atoms with E-state index in [1.165, 1.54) is 57.8 Å². The molecule has 0 unspecified atom stereocenters. The normalized spacial score (nSPS) is 10.7. The fraction of sp³-hybridized carbons (Fsp3) is 0.696. The molecule has 148 valence electrons. The number of rotatable bonds is 16. The van der Waals surface area contributed by atoms with Crippen LogP contribution < -0.4 is 4.74 Å². The third kappa shape index (κ3) is 10.5. The smallest absolute Gasteiger partial charge is 0.341 e. The highest BCUT2D eigenvalue weighted by Crippen LogP contribution is 2.20. The van der Waals surface area contributed by atoms with E-state index in [4.69, 9.17) is 9.47 Å². The summed E-state index contributed by atoms with van der Waals surface area (Å²) in [6.07, 6.45) is 14.5. The number of ether oxygens (including phenoxy) is 2. The van der Waals surface area contributed by atoms with E-state index in [2.05, 4.69) is 13.8 Å². The molecule has 0 amide bonds. The predicted molar refractivity (Wildman–Crippen MR) is 109 cm³/mol. The van der Waals surface area contributed by atoms with Gasteiger partial charge in [-0.2, -0.15) is 0 Å². The Hall–Kier alpha value is -1.51. The molecule has 0 bridgehead atoms.